The van der Waals surface area contributed by atoms with Gasteiger partial charge in [0.15, 0.2) is 0 Å². The standard InChI is InChI=1S/C20H24N6O3S/c1-15-14-19(24-16(2)23-15)25-10-12-26(13-11-25)20(27)17-4-6-18(7-5-17)30(28,29)22-9-3-8-21/h4-7,14,22H,3,9-13H2,1-2H3. The Labute approximate surface area is 176 Å². The Morgan fingerprint density at radius 3 is 2.40 bits per heavy atom. The van der Waals surface area contributed by atoms with Crippen LogP contribution in [-0.4, -0.2) is 61.9 Å². The van der Waals surface area contributed by atoms with E-state index in [2.05, 4.69) is 19.6 Å². The number of piperazine rings is 1. The van der Waals surface area contributed by atoms with E-state index < -0.39 is 10.0 Å². The van der Waals surface area contributed by atoms with E-state index in [1.54, 1.807) is 4.90 Å². The molecule has 1 aliphatic heterocycles. The minimum absolute atomic E-state index is 0.0508. The molecule has 0 saturated carbocycles. The second-order valence-electron chi connectivity index (χ2n) is 7.02. The van der Waals surface area contributed by atoms with Gasteiger partial charge in [-0.05, 0) is 38.1 Å². The zero-order chi connectivity index (χ0) is 21.7. The van der Waals surface area contributed by atoms with E-state index in [4.69, 9.17) is 5.26 Å². The summed E-state index contributed by atoms with van der Waals surface area (Å²) in [6.07, 6.45) is 0.0932. The van der Waals surface area contributed by atoms with E-state index in [1.165, 1.54) is 24.3 Å². The Morgan fingerprint density at radius 1 is 1.13 bits per heavy atom. The van der Waals surface area contributed by atoms with Gasteiger partial charge in [0.1, 0.15) is 11.6 Å². The maximum atomic E-state index is 12.8. The van der Waals surface area contributed by atoms with E-state index in [-0.39, 0.29) is 23.8 Å². The van der Waals surface area contributed by atoms with E-state index in [0.717, 1.165) is 17.3 Å². The van der Waals surface area contributed by atoms with Crippen LogP contribution in [0.1, 0.15) is 28.3 Å². The number of aryl methyl sites for hydroxylation is 2. The van der Waals surface area contributed by atoms with Gasteiger partial charge in [0, 0.05) is 56.5 Å². The van der Waals surface area contributed by atoms with Crippen LogP contribution in [0.25, 0.3) is 0 Å². The average molecular weight is 429 g/mol. The summed E-state index contributed by atoms with van der Waals surface area (Å²) in [6, 6.07) is 9.67. The second-order valence-corrected chi connectivity index (χ2v) is 8.79. The van der Waals surface area contributed by atoms with Gasteiger partial charge in [0.25, 0.3) is 5.91 Å². The first kappa shape index (κ1) is 21.7. The maximum absolute atomic E-state index is 12.8. The van der Waals surface area contributed by atoms with Crippen molar-refractivity contribution in [3.8, 4) is 6.07 Å². The van der Waals surface area contributed by atoms with Crippen LogP contribution in [0, 0.1) is 25.2 Å². The second kappa shape index (κ2) is 9.19. The Bertz CT molecular complexity index is 1030. The monoisotopic (exact) mass is 428 g/mol. The van der Waals surface area contributed by atoms with Gasteiger partial charge in [-0.25, -0.2) is 23.1 Å². The molecule has 0 spiro atoms. The number of carbonyl (C=O) groups is 1. The van der Waals surface area contributed by atoms with Crippen LogP contribution in [0.2, 0.25) is 0 Å². The lowest BCUT2D eigenvalue weighted by Gasteiger charge is -2.35. The Kier molecular flexibility index (Phi) is 6.64. The number of benzene rings is 1. The molecular formula is C20H24N6O3S. The Morgan fingerprint density at radius 2 is 1.80 bits per heavy atom. The molecule has 2 heterocycles. The third kappa shape index (κ3) is 5.11. The van der Waals surface area contributed by atoms with E-state index in [0.29, 0.717) is 31.7 Å². The number of aromatic nitrogens is 2. The molecule has 1 aromatic carbocycles. The molecule has 2 aromatic rings. The summed E-state index contributed by atoms with van der Waals surface area (Å²) in [7, 11) is -3.69. The van der Waals surface area contributed by atoms with Gasteiger partial charge >= 0.3 is 0 Å². The molecule has 1 aromatic heterocycles. The van der Waals surface area contributed by atoms with Gasteiger partial charge in [-0.3, -0.25) is 4.79 Å². The van der Waals surface area contributed by atoms with Crippen LogP contribution in [0.3, 0.4) is 0 Å². The normalized spacial score (nSPS) is 14.4. The number of carbonyl (C=O) groups excluding carboxylic acids is 1. The SMILES string of the molecule is Cc1cc(N2CCN(C(=O)c3ccc(S(=O)(=O)NCCC#N)cc3)CC2)nc(C)n1. The molecule has 158 valence electrons. The van der Waals surface area contributed by atoms with Crippen molar-refractivity contribution in [2.24, 2.45) is 0 Å². The highest BCUT2D eigenvalue weighted by Gasteiger charge is 2.24. The first-order chi connectivity index (χ1) is 14.3. The molecule has 9 nitrogen and oxygen atoms in total. The molecule has 3 rings (SSSR count). The van der Waals surface area contributed by atoms with Crippen LogP contribution < -0.4 is 9.62 Å². The molecule has 10 heteroatoms. The zero-order valence-corrected chi connectivity index (χ0v) is 17.8. The molecule has 1 fully saturated rings. The van der Waals surface area contributed by atoms with E-state index >= 15 is 0 Å². The number of nitrogens with zero attached hydrogens (tertiary/aromatic N) is 5. The lowest BCUT2D eigenvalue weighted by Crippen LogP contribution is -2.49. The van der Waals surface area contributed by atoms with Crippen LogP contribution in [0.15, 0.2) is 35.2 Å². The van der Waals surface area contributed by atoms with Crippen molar-refractivity contribution in [2.45, 2.75) is 25.2 Å². The third-order valence-electron chi connectivity index (χ3n) is 4.78. The summed E-state index contributed by atoms with van der Waals surface area (Å²) in [6.45, 7) is 6.27. The smallest absolute Gasteiger partial charge is 0.253 e. The first-order valence-electron chi connectivity index (χ1n) is 9.63. The van der Waals surface area contributed by atoms with Crippen molar-refractivity contribution >= 4 is 21.7 Å². The highest BCUT2D eigenvalue weighted by molar-refractivity contribution is 7.89. The predicted octanol–water partition coefficient (Wildman–Crippen LogP) is 1.25. The fourth-order valence-electron chi connectivity index (χ4n) is 3.28. The molecule has 30 heavy (non-hydrogen) atoms. The van der Waals surface area contributed by atoms with Crippen molar-refractivity contribution in [3.05, 3.63) is 47.4 Å². The van der Waals surface area contributed by atoms with Gasteiger partial charge in [0.2, 0.25) is 10.0 Å². The summed E-state index contributed by atoms with van der Waals surface area (Å²) in [5, 5.41) is 8.52. The Hall–Kier alpha value is -3.03. The van der Waals surface area contributed by atoms with Crippen molar-refractivity contribution in [3.63, 3.8) is 0 Å². The summed E-state index contributed by atoms with van der Waals surface area (Å²) in [5.41, 5.74) is 1.35. The van der Waals surface area contributed by atoms with Gasteiger partial charge in [-0.2, -0.15) is 5.26 Å². The maximum Gasteiger partial charge on any atom is 0.253 e. The van der Waals surface area contributed by atoms with Crippen LogP contribution >= 0.6 is 0 Å². The van der Waals surface area contributed by atoms with Crippen LogP contribution in [0.4, 0.5) is 5.82 Å². The number of amides is 1. The predicted molar refractivity (Wildman–Crippen MR) is 111 cm³/mol. The largest absolute Gasteiger partial charge is 0.353 e. The van der Waals surface area contributed by atoms with Crippen molar-refractivity contribution in [1.29, 1.82) is 5.26 Å². The molecule has 0 atom stereocenters. The number of nitriles is 1. The van der Waals surface area contributed by atoms with Gasteiger partial charge < -0.3 is 9.80 Å². The number of sulfonamides is 1. The lowest BCUT2D eigenvalue weighted by molar-refractivity contribution is 0.0746. The molecule has 1 amide bonds. The van der Waals surface area contributed by atoms with Gasteiger partial charge in [0.05, 0.1) is 11.0 Å². The number of nitrogens with one attached hydrogen (secondary N) is 1. The van der Waals surface area contributed by atoms with E-state index in [1.807, 2.05) is 26.0 Å². The van der Waals surface area contributed by atoms with Crippen molar-refractivity contribution in [2.75, 3.05) is 37.6 Å². The number of hydrogen-bond acceptors (Lipinski definition) is 7. The first-order valence-corrected chi connectivity index (χ1v) is 11.1. The molecule has 1 N–H and O–H groups in total. The summed E-state index contributed by atoms with van der Waals surface area (Å²) in [4.78, 5) is 25.5. The molecular weight excluding hydrogens is 404 g/mol. The molecule has 0 unspecified atom stereocenters. The highest BCUT2D eigenvalue weighted by atomic mass is 32.2. The minimum Gasteiger partial charge on any atom is -0.353 e. The summed E-state index contributed by atoms with van der Waals surface area (Å²) in [5.74, 6) is 1.46. The average Bonchev–Trinajstić information content (AvgIpc) is 2.73. The number of anilines is 1. The van der Waals surface area contributed by atoms with E-state index in [9.17, 15) is 13.2 Å². The van der Waals surface area contributed by atoms with Crippen LogP contribution in [-0.2, 0) is 10.0 Å². The van der Waals surface area contributed by atoms with Gasteiger partial charge in [-0.1, -0.05) is 0 Å². The van der Waals surface area contributed by atoms with Gasteiger partial charge in [-0.15, -0.1) is 0 Å². The lowest BCUT2D eigenvalue weighted by atomic mass is 10.2. The van der Waals surface area contributed by atoms with Crippen LogP contribution in [0.5, 0.6) is 0 Å². The third-order valence-corrected chi connectivity index (χ3v) is 6.26. The summed E-state index contributed by atoms with van der Waals surface area (Å²) < 4.78 is 26.7. The Balaban J connectivity index is 1.62. The molecule has 1 saturated heterocycles. The summed E-state index contributed by atoms with van der Waals surface area (Å²) >= 11 is 0. The topological polar surface area (TPSA) is 119 Å². The molecule has 1 aliphatic rings. The fourth-order valence-corrected chi connectivity index (χ4v) is 4.31. The number of rotatable bonds is 6. The molecule has 0 aliphatic carbocycles. The molecule has 0 bridgehead atoms. The molecule has 0 radical (unpaired) electrons. The zero-order valence-electron chi connectivity index (χ0n) is 17.0. The fraction of sp³-hybridized carbons (Fsp3) is 0.400. The quantitative estimate of drug-likeness (QED) is 0.688. The number of hydrogen-bond donors (Lipinski definition) is 1. The van der Waals surface area contributed by atoms with Crippen molar-refractivity contribution < 1.29 is 13.2 Å². The minimum atomic E-state index is -3.69. The van der Waals surface area contributed by atoms with Crippen molar-refractivity contribution in [1.82, 2.24) is 19.6 Å². The highest BCUT2D eigenvalue weighted by Crippen LogP contribution is 2.17.